The average molecular weight is 298 g/mol. The van der Waals surface area contributed by atoms with E-state index in [9.17, 15) is 18.0 Å². The highest BCUT2D eigenvalue weighted by molar-refractivity contribution is 6.06. The lowest BCUT2D eigenvalue weighted by molar-refractivity contribution is -0.137. The molecule has 1 spiro atoms. The summed E-state index contributed by atoms with van der Waals surface area (Å²) in [7, 11) is 0. The van der Waals surface area contributed by atoms with Gasteiger partial charge >= 0.3 is 6.18 Å². The molecule has 114 valence electrons. The monoisotopic (exact) mass is 298 g/mol. The van der Waals surface area contributed by atoms with Gasteiger partial charge in [-0.05, 0) is 37.0 Å². The largest absolute Gasteiger partial charge is 0.416 e. The van der Waals surface area contributed by atoms with E-state index in [0.717, 1.165) is 25.0 Å². The third-order valence-electron chi connectivity index (χ3n) is 4.40. The Balaban J connectivity index is 1.94. The molecule has 3 rings (SSSR count). The molecule has 2 unspecified atom stereocenters. The Morgan fingerprint density at radius 2 is 2.05 bits per heavy atom. The molecule has 0 radical (unpaired) electrons. The molecule has 1 heterocycles. The first kappa shape index (κ1) is 14.2. The van der Waals surface area contributed by atoms with E-state index in [4.69, 9.17) is 0 Å². The SMILES string of the molecule is CC1CCCC2(C1)Nc1ccc(C(F)(F)F)cc1NC2=O. The Kier molecular flexibility index (Phi) is 3.15. The van der Waals surface area contributed by atoms with Crippen molar-refractivity contribution < 1.29 is 18.0 Å². The Morgan fingerprint density at radius 1 is 1.29 bits per heavy atom. The van der Waals surface area contributed by atoms with Crippen LogP contribution in [0.5, 0.6) is 0 Å². The Morgan fingerprint density at radius 3 is 2.71 bits per heavy atom. The number of alkyl halides is 3. The zero-order valence-corrected chi connectivity index (χ0v) is 11.7. The number of anilines is 2. The highest BCUT2D eigenvalue weighted by Gasteiger charge is 2.45. The third kappa shape index (κ3) is 2.47. The summed E-state index contributed by atoms with van der Waals surface area (Å²) in [6, 6.07) is 3.43. The van der Waals surface area contributed by atoms with E-state index in [1.165, 1.54) is 6.07 Å². The van der Waals surface area contributed by atoms with Gasteiger partial charge in [-0.15, -0.1) is 0 Å². The fraction of sp³-hybridized carbons (Fsp3) is 0.533. The zero-order chi connectivity index (χ0) is 15.3. The molecular formula is C15H17F3N2O. The first-order valence-corrected chi connectivity index (χ1v) is 7.11. The van der Waals surface area contributed by atoms with Crippen LogP contribution >= 0.6 is 0 Å². The summed E-state index contributed by atoms with van der Waals surface area (Å²) in [6.07, 6.45) is -0.967. The first-order valence-electron chi connectivity index (χ1n) is 7.11. The number of amides is 1. The van der Waals surface area contributed by atoms with Crippen LogP contribution in [-0.2, 0) is 11.0 Å². The van der Waals surface area contributed by atoms with Gasteiger partial charge < -0.3 is 10.6 Å². The smallest absolute Gasteiger partial charge is 0.370 e. The van der Waals surface area contributed by atoms with Crippen molar-refractivity contribution in [3.8, 4) is 0 Å². The number of nitrogens with one attached hydrogen (secondary N) is 2. The third-order valence-corrected chi connectivity index (χ3v) is 4.40. The van der Waals surface area contributed by atoms with Crippen molar-refractivity contribution in [2.24, 2.45) is 5.92 Å². The van der Waals surface area contributed by atoms with E-state index in [2.05, 4.69) is 17.6 Å². The first-order chi connectivity index (χ1) is 9.80. The van der Waals surface area contributed by atoms with E-state index in [0.29, 0.717) is 24.4 Å². The van der Waals surface area contributed by atoms with Crippen molar-refractivity contribution in [1.82, 2.24) is 0 Å². The summed E-state index contributed by atoms with van der Waals surface area (Å²) in [5, 5.41) is 5.84. The van der Waals surface area contributed by atoms with Crippen LogP contribution in [0.25, 0.3) is 0 Å². The summed E-state index contributed by atoms with van der Waals surface area (Å²) < 4.78 is 38.2. The maximum absolute atomic E-state index is 12.7. The fourth-order valence-electron chi connectivity index (χ4n) is 3.36. The van der Waals surface area contributed by atoms with Gasteiger partial charge in [0.05, 0.1) is 16.9 Å². The second-order valence-corrected chi connectivity index (χ2v) is 6.12. The summed E-state index contributed by atoms with van der Waals surface area (Å²) >= 11 is 0. The maximum atomic E-state index is 12.7. The number of hydrogen-bond acceptors (Lipinski definition) is 2. The molecule has 1 aromatic rings. The minimum Gasteiger partial charge on any atom is -0.370 e. The molecule has 0 aromatic heterocycles. The quantitative estimate of drug-likeness (QED) is 0.759. The molecule has 1 aliphatic heterocycles. The summed E-state index contributed by atoms with van der Waals surface area (Å²) in [6.45, 7) is 2.10. The van der Waals surface area contributed by atoms with E-state index in [1.54, 1.807) is 0 Å². The molecule has 6 heteroatoms. The molecule has 1 aromatic carbocycles. The highest BCUT2D eigenvalue weighted by Crippen LogP contribution is 2.42. The fourth-order valence-corrected chi connectivity index (χ4v) is 3.36. The van der Waals surface area contributed by atoms with Crippen LogP contribution in [0.3, 0.4) is 0 Å². The molecule has 1 fully saturated rings. The Labute approximate surface area is 120 Å². The highest BCUT2D eigenvalue weighted by atomic mass is 19.4. The van der Waals surface area contributed by atoms with Crippen molar-refractivity contribution in [3.05, 3.63) is 23.8 Å². The number of halogens is 3. The van der Waals surface area contributed by atoms with E-state index in [1.807, 2.05) is 0 Å². The summed E-state index contributed by atoms with van der Waals surface area (Å²) in [4.78, 5) is 12.4. The number of hydrogen-bond donors (Lipinski definition) is 2. The van der Waals surface area contributed by atoms with Gasteiger partial charge in [-0.3, -0.25) is 4.79 Å². The van der Waals surface area contributed by atoms with Gasteiger partial charge in [0.25, 0.3) is 0 Å². The molecule has 1 amide bonds. The predicted molar refractivity (Wildman–Crippen MR) is 74.1 cm³/mol. The lowest BCUT2D eigenvalue weighted by atomic mass is 9.74. The van der Waals surface area contributed by atoms with Crippen molar-refractivity contribution in [2.45, 2.75) is 44.3 Å². The lowest BCUT2D eigenvalue weighted by Gasteiger charge is -2.43. The average Bonchev–Trinajstić information content (AvgIpc) is 2.38. The standard InChI is InChI=1S/C15H17F3N2O/c1-9-3-2-6-14(8-9)13(21)19-12-7-10(15(16,17)18)4-5-11(12)20-14/h4-5,7,9,20H,2-3,6,8H2,1H3,(H,19,21). The minimum atomic E-state index is -4.41. The van der Waals surface area contributed by atoms with Crippen molar-refractivity contribution >= 4 is 17.3 Å². The zero-order valence-electron chi connectivity index (χ0n) is 11.7. The molecule has 1 aliphatic carbocycles. The van der Waals surface area contributed by atoms with Crippen LogP contribution in [0.1, 0.15) is 38.2 Å². The number of benzene rings is 1. The van der Waals surface area contributed by atoms with Crippen LogP contribution in [-0.4, -0.2) is 11.4 Å². The van der Waals surface area contributed by atoms with Gasteiger partial charge in [-0.25, -0.2) is 0 Å². The van der Waals surface area contributed by atoms with Crippen LogP contribution in [0, 0.1) is 5.92 Å². The number of carbonyl (C=O) groups excluding carboxylic acids is 1. The number of carbonyl (C=O) groups is 1. The predicted octanol–water partition coefficient (Wildman–Crippen LogP) is 4.02. The van der Waals surface area contributed by atoms with Gasteiger partial charge in [0.1, 0.15) is 5.54 Å². The molecule has 0 saturated heterocycles. The molecular weight excluding hydrogens is 281 g/mol. The van der Waals surface area contributed by atoms with Gasteiger partial charge in [0, 0.05) is 0 Å². The molecule has 1 saturated carbocycles. The summed E-state index contributed by atoms with van der Waals surface area (Å²) in [5.41, 5.74) is -0.656. The van der Waals surface area contributed by atoms with Crippen molar-refractivity contribution in [1.29, 1.82) is 0 Å². The lowest BCUT2D eigenvalue weighted by Crippen LogP contribution is -2.54. The Hall–Kier alpha value is -1.72. The second kappa shape index (κ2) is 4.64. The van der Waals surface area contributed by atoms with Gasteiger partial charge in [0.2, 0.25) is 5.91 Å². The maximum Gasteiger partial charge on any atom is 0.416 e. The molecule has 2 N–H and O–H groups in total. The molecule has 0 bridgehead atoms. The Bertz CT molecular complexity index is 585. The van der Waals surface area contributed by atoms with Crippen molar-refractivity contribution in [3.63, 3.8) is 0 Å². The van der Waals surface area contributed by atoms with Crippen molar-refractivity contribution in [2.75, 3.05) is 10.6 Å². The van der Waals surface area contributed by atoms with Gasteiger partial charge in [-0.1, -0.05) is 19.8 Å². The minimum absolute atomic E-state index is 0.207. The van der Waals surface area contributed by atoms with Crippen LogP contribution < -0.4 is 10.6 Å². The van der Waals surface area contributed by atoms with Crippen LogP contribution in [0.15, 0.2) is 18.2 Å². The molecule has 21 heavy (non-hydrogen) atoms. The van der Waals surface area contributed by atoms with Gasteiger partial charge in [0.15, 0.2) is 0 Å². The van der Waals surface area contributed by atoms with E-state index < -0.39 is 17.3 Å². The molecule has 2 atom stereocenters. The van der Waals surface area contributed by atoms with Crippen LogP contribution in [0.2, 0.25) is 0 Å². The molecule has 3 nitrogen and oxygen atoms in total. The normalized spacial score (nSPS) is 28.8. The van der Waals surface area contributed by atoms with Crippen LogP contribution in [0.4, 0.5) is 24.5 Å². The second-order valence-electron chi connectivity index (χ2n) is 6.12. The summed E-state index contributed by atoms with van der Waals surface area (Å²) in [5.74, 6) is 0.203. The topological polar surface area (TPSA) is 41.1 Å². The van der Waals surface area contributed by atoms with Gasteiger partial charge in [-0.2, -0.15) is 13.2 Å². The number of fused-ring (bicyclic) bond motifs is 1. The number of rotatable bonds is 0. The molecule has 2 aliphatic rings. The van der Waals surface area contributed by atoms with E-state index in [-0.39, 0.29) is 11.6 Å². The van der Waals surface area contributed by atoms with E-state index >= 15 is 0 Å².